The van der Waals surface area contributed by atoms with Crippen molar-refractivity contribution in [2.24, 2.45) is 0 Å². The molecule has 1 amide bonds. The molecular weight excluding hydrogens is 354 g/mol. The molecule has 0 aliphatic carbocycles. The van der Waals surface area contributed by atoms with Crippen LogP contribution in [0.4, 0.5) is 5.82 Å². The highest BCUT2D eigenvalue weighted by Gasteiger charge is 2.20. The number of anilines is 1. The minimum absolute atomic E-state index is 0.0844. The monoisotopic (exact) mass is 379 g/mol. The van der Waals surface area contributed by atoms with Crippen LogP contribution in [-0.4, -0.2) is 75.4 Å². The fourth-order valence-electron chi connectivity index (χ4n) is 3.31. The van der Waals surface area contributed by atoms with Gasteiger partial charge in [-0.3, -0.25) is 4.79 Å². The molecule has 1 saturated heterocycles. The molecule has 1 aliphatic rings. The lowest BCUT2D eigenvalue weighted by Gasteiger charge is -2.32. The zero-order valence-corrected chi connectivity index (χ0v) is 16.3. The Kier molecular flexibility index (Phi) is 5.21. The Labute approximate surface area is 164 Å². The first-order valence-electron chi connectivity index (χ1n) is 9.68. The lowest BCUT2D eigenvalue weighted by molar-refractivity contribution is 0.0664. The highest BCUT2D eigenvalue weighted by molar-refractivity contribution is 5.95. The van der Waals surface area contributed by atoms with Crippen LogP contribution in [-0.2, 0) is 0 Å². The van der Waals surface area contributed by atoms with Crippen molar-refractivity contribution in [1.82, 2.24) is 29.7 Å². The van der Waals surface area contributed by atoms with Crippen LogP contribution in [0.3, 0.4) is 0 Å². The van der Waals surface area contributed by atoms with Crippen molar-refractivity contribution in [3.63, 3.8) is 0 Å². The van der Waals surface area contributed by atoms with Gasteiger partial charge in [0.1, 0.15) is 17.7 Å². The number of hydrogen-bond donors (Lipinski definition) is 2. The number of aromatic nitrogens is 4. The van der Waals surface area contributed by atoms with Gasteiger partial charge in [0.25, 0.3) is 5.91 Å². The molecule has 1 aliphatic heterocycles. The minimum Gasteiger partial charge on any atom is -0.368 e. The van der Waals surface area contributed by atoms with Gasteiger partial charge in [-0.2, -0.15) is 0 Å². The lowest BCUT2D eigenvalue weighted by Crippen LogP contribution is -2.47. The second-order valence-electron chi connectivity index (χ2n) is 7.11. The van der Waals surface area contributed by atoms with Crippen LogP contribution in [0, 0.1) is 0 Å². The summed E-state index contributed by atoms with van der Waals surface area (Å²) in [6, 6.07) is 7.58. The molecule has 146 valence electrons. The van der Waals surface area contributed by atoms with E-state index in [4.69, 9.17) is 0 Å². The third kappa shape index (κ3) is 3.68. The molecule has 1 aromatic carbocycles. The highest BCUT2D eigenvalue weighted by Crippen LogP contribution is 2.23. The van der Waals surface area contributed by atoms with E-state index in [1.54, 1.807) is 0 Å². The van der Waals surface area contributed by atoms with Crippen molar-refractivity contribution in [2.75, 3.05) is 45.1 Å². The number of imidazole rings is 1. The molecule has 4 rings (SSSR count). The number of aromatic amines is 1. The molecule has 0 bridgehead atoms. The number of nitrogens with zero attached hydrogens (tertiary/aromatic N) is 5. The van der Waals surface area contributed by atoms with Crippen molar-refractivity contribution < 1.29 is 4.79 Å². The molecule has 0 spiro atoms. The maximum Gasteiger partial charge on any atom is 0.253 e. The Balaban J connectivity index is 1.54. The minimum atomic E-state index is 0.0844. The number of likely N-dealkylation sites (N-methyl/N-ethyl adjacent to an activating group) is 1. The number of H-pyrrole nitrogens is 1. The first kappa shape index (κ1) is 18.4. The maximum atomic E-state index is 12.7. The number of amides is 1. The fraction of sp³-hybridized carbons (Fsp3) is 0.400. The SMILES string of the molecule is CCCNc1ncnc2nc(-c3ccc(C(=O)N4CCN(C)CC4)cc3)[nH]c12. The van der Waals surface area contributed by atoms with Crippen molar-refractivity contribution in [2.45, 2.75) is 13.3 Å². The molecule has 8 nitrogen and oxygen atoms in total. The summed E-state index contributed by atoms with van der Waals surface area (Å²) in [5.74, 6) is 1.56. The van der Waals surface area contributed by atoms with Crippen molar-refractivity contribution >= 4 is 22.9 Å². The molecule has 0 unspecified atom stereocenters. The molecular formula is C20H25N7O. The Bertz CT molecular complexity index is 958. The number of piperazine rings is 1. The van der Waals surface area contributed by atoms with E-state index in [-0.39, 0.29) is 5.91 Å². The Hall–Kier alpha value is -3.00. The number of carbonyl (C=O) groups excluding carboxylic acids is 1. The van der Waals surface area contributed by atoms with E-state index in [2.05, 4.69) is 44.1 Å². The topological polar surface area (TPSA) is 90.0 Å². The largest absolute Gasteiger partial charge is 0.368 e. The third-order valence-electron chi connectivity index (χ3n) is 5.03. The zero-order valence-electron chi connectivity index (χ0n) is 16.3. The summed E-state index contributed by atoms with van der Waals surface area (Å²) >= 11 is 0. The van der Waals surface area contributed by atoms with Gasteiger partial charge < -0.3 is 20.1 Å². The first-order chi connectivity index (χ1) is 13.7. The number of fused-ring (bicyclic) bond motifs is 1. The van der Waals surface area contributed by atoms with E-state index in [0.29, 0.717) is 17.0 Å². The van der Waals surface area contributed by atoms with Crippen LogP contribution in [0.15, 0.2) is 30.6 Å². The smallest absolute Gasteiger partial charge is 0.253 e. The lowest BCUT2D eigenvalue weighted by atomic mass is 10.1. The summed E-state index contributed by atoms with van der Waals surface area (Å²) in [4.78, 5) is 33.3. The molecule has 3 aromatic rings. The van der Waals surface area contributed by atoms with Crippen molar-refractivity contribution in [3.8, 4) is 11.4 Å². The summed E-state index contributed by atoms with van der Waals surface area (Å²) in [6.45, 7) is 6.31. The van der Waals surface area contributed by atoms with E-state index >= 15 is 0 Å². The van der Waals surface area contributed by atoms with E-state index in [1.165, 1.54) is 6.33 Å². The third-order valence-corrected chi connectivity index (χ3v) is 5.03. The summed E-state index contributed by atoms with van der Waals surface area (Å²) < 4.78 is 0. The van der Waals surface area contributed by atoms with Crippen LogP contribution in [0.25, 0.3) is 22.6 Å². The van der Waals surface area contributed by atoms with Crippen molar-refractivity contribution in [1.29, 1.82) is 0 Å². The van der Waals surface area contributed by atoms with Gasteiger partial charge >= 0.3 is 0 Å². The Morgan fingerprint density at radius 2 is 1.89 bits per heavy atom. The van der Waals surface area contributed by atoms with E-state index < -0.39 is 0 Å². The van der Waals surface area contributed by atoms with E-state index in [1.807, 2.05) is 29.2 Å². The highest BCUT2D eigenvalue weighted by atomic mass is 16.2. The summed E-state index contributed by atoms with van der Waals surface area (Å²) in [5, 5.41) is 3.29. The van der Waals surface area contributed by atoms with Crippen LogP contribution in [0.2, 0.25) is 0 Å². The summed E-state index contributed by atoms with van der Waals surface area (Å²) in [7, 11) is 2.08. The number of rotatable bonds is 5. The van der Waals surface area contributed by atoms with Crippen LogP contribution in [0.1, 0.15) is 23.7 Å². The number of nitrogens with one attached hydrogen (secondary N) is 2. The number of carbonyl (C=O) groups is 1. The second-order valence-corrected chi connectivity index (χ2v) is 7.11. The predicted molar refractivity (Wildman–Crippen MR) is 109 cm³/mol. The van der Waals surface area contributed by atoms with Crippen LogP contribution >= 0.6 is 0 Å². The molecule has 3 heterocycles. The molecule has 0 saturated carbocycles. The van der Waals surface area contributed by atoms with Gasteiger partial charge in [0.2, 0.25) is 0 Å². The van der Waals surface area contributed by atoms with Crippen LogP contribution < -0.4 is 5.32 Å². The zero-order chi connectivity index (χ0) is 19.5. The van der Waals surface area contributed by atoms with E-state index in [9.17, 15) is 4.79 Å². The maximum absolute atomic E-state index is 12.7. The van der Waals surface area contributed by atoms with Gasteiger partial charge in [0, 0.05) is 43.9 Å². The molecule has 0 atom stereocenters. The Morgan fingerprint density at radius 1 is 1.14 bits per heavy atom. The van der Waals surface area contributed by atoms with Gasteiger partial charge in [-0.1, -0.05) is 19.1 Å². The second kappa shape index (κ2) is 7.93. The average molecular weight is 379 g/mol. The predicted octanol–water partition coefficient (Wildman–Crippen LogP) is 2.23. The molecule has 2 aromatic heterocycles. The molecule has 1 fully saturated rings. The molecule has 0 radical (unpaired) electrons. The van der Waals surface area contributed by atoms with Gasteiger partial charge in [-0.25, -0.2) is 15.0 Å². The van der Waals surface area contributed by atoms with Gasteiger partial charge in [0.05, 0.1) is 0 Å². The van der Waals surface area contributed by atoms with Gasteiger partial charge in [-0.05, 0) is 25.6 Å². The molecule has 28 heavy (non-hydrogen) atoms. The molecule has 2 N–H and O–H groups in total. The van der Waals surface area contributed by atoms with Gasteiger partial charge in [-0.15, -0.1) is 0 Å². The van der Waals surface area contributed by atoms with E-state index in [0.717, 1.165) is 56.0 Å². The fourth-order valence-corrected chi connectivity index (χ4v) is 3.31. The van der Waals surface area contributed by atoms with Gasteiger partial charge in [0.15, 0.2) is 11.5 Å². The van der Waals surface area contributed by atoms with Crippen molar-refractivity contribution in [3.05, 3.63) is 36.2 Å². The first-order valence-corrected chi connectivity index (χ1v) is 9.68. The Morgan fingerprint density at radius 3 is 2.61 bits per heavy atom. The quantitative estimate of drug-likeness (QED) is 0.707. The summed E-state index contributed by atoms with van der Waals surface area (Å²) in [6.07, 6.45) is 2.53. The standard InChI is InChI=1S/C20H25N7O/c1-3-8-21-18-16-19(23-13-22-18)25-17(24-16)14-4-6-15(7-5-14)20(28)27-11-9-26(2)10-12-27/h4-7,13H,3,8-12H2,1-2H3,(H2,21,22,23,24,25). The number of hydrogen-bond acceptors (Lipinski definition) is 6. The number of benzene rings is 1. The summed E-state index contributed by atoms with van der Waals surface area (Å²) in [5.41, 5.74) is 3.04. The normalized spacial score (nSPS) is 15.1. The molecule has 8 heteroatoms. The van der Waals surface area contributed by atoms with Crippen LogP contribution in [0.5, 0.6) is 0 Å². The average Bonchev–Trinajstić information content (AvgIpc) is 3.17.